The van der Waals surface area contributed by atoms with Gasteiger partial charge in [0.25, 0.3) is 0 Å². The van der Waals surface area contributed by atoms with E-state index in [2.05, 4.69) is 32.7 Å². The van der Waals surface area contributed by atoms with E-state index in [1.165, 1.54) is 37.9 Å². The highest BCUT2D eigenvalue weighted by Crippen LogP contribution is 2.38. The van der Waals surface area contributed by atoms with Crippen LogP contribution in [0.4, 0.5) is 0 Å². The molecule has 0 radical (unpaired) electrons. The minimum atomic E-state index is -0.0128. The Bertz CT molecular complexity index is 610. The summed E-state index contributed by atoms with van der Waals surface area (Å²) in [5.74, 6) is 0.866. The number of nitrogens with one attached hydrogen (secondary N) is 2. The lowest BCUT2D eigenvalue weighted by atomic mass is 9.74. The quantitative estimate of drug-likeness (QED) is 0.577. The third-order valence-corrected chi connectivity index (χ3v) is 6.21. The van der Waals surface area contributed by atoms with Gasteiger partial charge in [-0.1, -0.05) is 36.2 Å². The maximum Gasteiger partial charge on any atom is 0.191 e. The molecular formula is C21H33ClN4O. The van der Waals surface area contributed by atoms with Crippen LogP contribution in [-0.4, -0.2) is 63.8 Å². The van der Waals surface area contributed by atoms with Gasteiger partial charge in [0.2, 0.25) is 0 Å². The Balaban J connectivity index is 1.56. The van der Waals surface area contributed by atoms with Crippen molar-refractivity contribution in [3.8, 4) is 0 Å². The second-order valence-electron chi connectivity index (χ2n) is 7.63. The van der Waals surface area contributed by atoms with Crippen LogP contribution in [0.3, 0.4) is 0 Å². The number of piperidine rings is 1. The molecule has 5 nitrogen and oxygen atoms in total. The molecule has 0 unspecified atom stereocenters. The lowest BCUT2D eigenvalue weighted by Crippen LogP contribution is -2.49. The van der Waals surface area contributed by atoms with Crippen LogP contribution in [0.15, 0.2) is 29.3 Å². The highest BCUT2D eigenvalue weighted by atomic mass is 35.5. The second kappa shape index (κ2) is 10.3. The van der Waals surface area contributed by atoms with Gasteiger partial charge in [0.15, 0.2) is 5.96 Å². The number of ether oxygens (including phenoxy) is 1. The van der Waals surface area contributed by atoms with Crippen LogP contribution in [0.2, 0.25) is 5.02 Å². The van der Waals surface area contributed by atoms with Crippen LogP contribution in [0.5, 0.6) is 0 Å². The Morgan fingerprint density at radius 2 is 1.89 bits per heavy atom. The normalized spacial score (nSPS) is 21.0. The number of aliphatic imine (C=N–C) groups is 1. The first-order chi connectivity index (χ1) is 13.2. The third-order valence-electron chi connectivity index (χ3n) is 5.88. The van der Waals surface area contributed by atoms with E-state index < -0.39 is 0 Å². The predicted octanol–water partition coefficient (Wildman–Crippen LogP) is 3.04. The van der Waals surface area contributed by atoms with Gasteiger partial charge in [-0.15, -0.1) is 0 Å². The smallest absolute Gasteiger partial charge is 0.191 e. The molecule has 0 aromatic heterocycles. The summed E-state index contributed by atoms with van der Waals surface area (Å²) < 4.78 is 5.63. The van der Waals surface area contributed by atoms with E-state index in [1.54, 1.807) is 0 Å². The fourth-order valence-electron chi connectivity index (χ4n) is 4.18. The topological polar surface area (TPSA) is 48.9 Å². The van der Waals surface area contributed by atoms with Crippen molar-refractivity contribution in [3.63, 3.8) is 0 Å². The summed E-state index contributed by atoms with van der Waals surface area (Å²) in [6, 6.07) is 8.21. The van der Waals surface area contributed by atoms with E-state index in [0.717, 1.165) is 56.7 Å². The number of nitrogens with zero attached hydrogens (tertiary/aromatic N) is 2. The van der Waals surface area contributed by atoms with E-state index in [0.29, 0.717) is 0 Å². The average Bonchev–Trinajstić information content (AvgIpc) is 2.72. The molecule has 0 spiro atoms. The Labute approximate surface area is 168 Å². The predicted molar refractivity (Wildman–Crippen MR) is 113 cm³/mol. The number of likely N-dealkylation sites (tertiary alicyclic amines) is 1. The summed E-state index contributed by atoms with van der Waals surface area (Å²) in [7, 11) is 1.84. The summed E-state index contributed by atoms with van der Waals surface area (Å²) in [4.78, 5) is 6.95. The summed E-state index contributed by atoms with van der Waals surface area (Å²) >= 11 is 6.55. The van der Waals surface area contributed by atoms with E-state index in [9.17, 15) is 0 Å². The minimum absolute atomic E-state index is 0.0128. The van der Waals surface area contributed by atoms with Crippen LogP contribution in [0.25, 0.3) is 0 Å². The maximum atomic E-state index is 6.55. The van der Waals surface area contributed by atoms with Crippen LogP contribution in [0, 0.1) is 0 Å². The van der Waals surface area contributed by atoms with E-state index >= 15 is 0 Å². The van der Waals surface area contributed by atoms with E-state index in [1.807, 2.05) is 19.2 Å². The summed E-state index contributed by atoms with van der Waals surface area (Å²) in [5.41, 5.74) is 1.20. The van der Waals surface area contributed by atoms with Gasteiger partial charge in [-0.05, 0) is 50.4 Å². The minimum Gasteiger partial charge on any atom is -0.381 e. The summed E-state index contributed by atoms with van der Waals surface area (Å²) in [6.45, 7) is 6.80. The van der Waals surface area contributed by atoms with Crippen molar-refractivity contribution in [1.29, 1.82) is 0 Å². The number of halogens is 1. The fourth-order valence-corrected chi connectivity index (χ4v) is 4.52. The molecule has 0 amide bonds. The zero-order valence-electron chi connectivity index (χ0n) is 16.5. The summed E-state index contributed by atoms with van der Waals surface area (Å²) in [5, 5.41) is 7.86. The van der Waals surface area contributed by atoms with Crippen molar-refractivity contribution in [2.45, 2.75) is 37.5 Å². The zero-order valence-corrected chi connectivity index (χ0v) is 17.2. The van der Waals surface area contributed by atoms with Gasteiger partial charge in [-0.3, -0.25) is 4.99 Å². The van der Waals surface area contributed by atoms with Crippen molar-refractivity contribution >= 4 is 17.6 Å². The first-order valence-corrected chi connectivity index (χ1v) is 10.6. The van der Waals surface area contributed by atoms with E-state index in [4.69, 9.17) is 16.3 Å². The van der Waals surface area contributed by atoms with Gasteiger partial charge >= 0.3 is 0 Å². The standard InChI is InChI=1S/C21H33ClN4O/c1-23-20(24-11-14-26-12-5-2-6-13-26)25-17-21(9-15-27-16-10-21)18-7-3-4-8-19(18)22/h3-4,7-8H,2,5-6,9-17H2,1H3,(H2,23,24,25). The highest BCUT2D eigenvalue weighted by molar-refractivity contribution is 6.31. The van der Waals surface area contributed by atoms with Crippen molar-refractivity contribution in [2.75, 3.05) is 53.0 Å². The molecule has 3 rings (SSSR count). The number of hydrogen-bond acceptors (Lipinski definition) is 3. The van der Waals surface area contributed by atoms with Crippen molar-refractivity contribution < 1.29 is 4.74 Å². The first-order valence-electron chi connectivity index (χ1n) is 10.2. The molecule has 0 atom stereocenters. The highest BCUT2D eigenvalue weighted by Gasteiger charge is 2.36. The van der Waals surface area contributed by atoms with Gasteiger partial charge in [-0.2, -0.15) is 0 Å². The molecule has 0 saturated carbocycles. The Kier molecular flexibility index (Phi) is 7.80. The van der Waals surface area contributed by atoms with Crippen LogP contribution >= 0.6 is 11.6 Å². The van der Waals surface area contributed by atoms with E-state index in [-0.39, 0.29) is 5.41 Å². The van der Waals surface area contributed by atoms with Crippen molar-refractivity contribution in [1.82, 2.24) is 15.5 Å². The van der Waals surface area contributed by atoms with Gasteiger partial charge in [0.1, 0.15) is 0 Å². The van der Waals surface area contributed by atoms with Gasteiger partial charge in [0, 0.05) is 50.3 Å². The Morgan fingerprint density at radius 3 is 2.59 bits per heavy atom. The molecule has 0 aliphatic carbocycles. The molecule has 2 aliphatic rings. The number of rotatable bonds is 6. The largest absolute Gasteiger partial charge is 0.381 e. The monoisotopic (exact) mass is 392 g/mol. The lowest BCUT2D eigenvalue weighted by Gasteiger charge is -2.38. The SMILES string of the molecule is CN=C(NCCN1CCCCC1)NCC1(c2ccccc2Cl)CCOCC1. The first kappa shape index (κ1) is 20.4. The zero-order chi connectivity index (χ0) is 19.0. The third kappa shape index (κ3) is 5.59. The molecule has 2 heterocycles. The molecular weight excluding hydrogens is 360 g/mol. The Morgan fingerprint density at radius 1 is 1.15 bits per heavy atom. The lowest BCUT2D eigenvalue weighted by molar-refractivity contribution is 0.0514. The number of benzene rings is 1. The average molecular weight is 393 g/mol. The molecule has 2 aliphatic heterocycles. The van der Waals surface area contributed by atoms with Gasteiger partial charge in [-0.25, -0.2) is 0 Å². The molecule has 27 heavy (non-hydrogen) atoms. The summed E-state index contributed by atoms with van der Waals surface area (Å²) in [6.07, 6.45) is 5.97. The van der Waals surface area contributed by atoms with Gasteiger partial charge < -0.3 is 20.3 Å². The van der Waals surface area contributed by atoms with Crippen LogP contribution in [-0.2, 0) is 10.2 Å². The molecule has 6 heteroatoms. The molecule has 1 aromatic carbocycles. The van der Waals surface area contributed by atoms with Crippen molar-refractivity contribution in [2.24, 2.45) is 4.99 Å². The second-order valence-corrected chi connectivity index (χ2v) is 8.03. The molecule has 1 aromatic rings. The van der Waals surface area contributed by atoms with Crippen LogP contribution in [0.1, 0.15) is 37.7 Å². The number of guanidine groups is 1. The fraction of sp³-hybridized carbons (Fsp3) is 0.667. The molecule has 0 bridgehead atoms. The van der Waals surface area contributed by atoms with Crippen molar-refractivity contribution in [3.05, 3.63) is 34.9 Å². The maximum absolute atomic E-state index is 6.55. The molecule has 2 fully saturated rings. The molecule has 2 saturated heterocycles. The molecule has 2 N–H and O–H groups in total. The molecule has 150 valence electrons. The van der Waals surface area contributed by atoms with Gasteiger partial charge in [0.05, 0.1) is 0 Å². The van der Waals surface area contributed by atoms with Crippen LogP contribution < -0.4 is 10.6 Å². The Hall–Kier alpha value is -1.30. The number of hydrogen-bond donors (Lipinski definition) is 2.